The SMILES string of the molecule is Cc1ccc(OCCCOc2ccccc2)c(N)c1. The maximum atomic E-state index is 5.87. The molecule has 0 aromatic heterocycles. The Labute approximate surface area is 114 Å². The number of rotatable bonds is 6. The Morgan fingerprint density at radius 2 is 1.68 bits per heavy atom. The van der Waals surface area contributed by atoms with Gasteiger partial charge in [-0.15, -0.1) is 0 Å². The van der Waals surface area contributed by atoms with Crippen molar-refractivity contribution < 1.29 is 9.47 Å². The molecule has 0 atom stereocenters. The smallest absolute Gasteiger partial charge is 0.142 e. The van der Waals surface area contributed by atoms with Crippen molar-refractivity contribution in [2.45, 2.75) is 13.3 Å². The maximum Gasteiger partial charge on any atom is 0.142 e. The van der Waals surface area contributed by atoms with Crippen LogP contribution in [0, 0.1) is 6.92 Å². The number of hydrogen-bond donors (Lipinski definition) is 1. The summed E-state index contributed by atoms with van der Waals surface area (Å²) in [6.45, 7) is 3.24. The fourth-order valence-electron chi connectivity index (χ4n) is 1.75. The summed E-state index contributed by atoms with van der Waals surface area (Å²) in [5.41, 5.74) is 7.69. The van der Waals surface area contributed by atoms with Gasteiger partial charge in [-0.1, -0.05) is 24.3 Å². The normalized spacial score (nSPS) is 10.2. The average molecular weight is 257 g/mol. The number of nitrogens with two attached hydrogens (primary N) is 1. The number of nitrogen functional groups attached to an aromatic ring is 1. The molecule has 100 valence electrons. The zero-order valence-electron chi connectivity index (χ0n) is 11.1. The summed E-state index contributed by atoms with van der Waals surface area (Å²) >= 11 is 0. The van der Waals surface area contributed by atoms with Crippen LogP contribution in [0.3, 0.4) is 0 Å². The lowest BCUT2D eigenvalue weighted by Crippen LogP contribution is -2.06. The third-order valence-electron chi connectivity index (χ3n) is 2.72. The van der Waals surface area contributed by atoms with E-state index >= 15 is 0 Å². The number of ether oxygens (including phenoxy) is 2. The number of benzene rings is 2. The highest BCUT2D eigenvalue weighted by molar-refractivity contribution is 5.53. The molecule has 0 heterocycles. The lowest BCUT2D eigenvalue weighted by Gasteiger charge is -2.10. The van der Waals surface area contributed by atoms with Crippen LogP contribution in [-0.2, 0) is 0 Å². The predicted octanol–water partition coefficient (Wildman–Crippen LogP) is 3.43. The highest BCUT2D eigenvalue weighted by Crippen LogP contribution is 2.22. The average Bonchev–Trinajstić information content (AvgIpc) is 2.42. The van der Waals surface area contributed by atoms with Crippen molar-refractivity contribution in [3.63, 3.8) is 0 Å². The van der Waals surface area contributed by atoms with Crippen LogP contribution in [0.5, 0.6) is 11.5 Å². The van der Waals surface area contributed by atoms with Crippen LogP contribution in [0.1, 0.15) is 12.0 Å². The van der Waals surface area contributed by atoms with Crippen LogP contribution in [0.4, 0.5) is 5.69 Å². The van der Waals surface area contributed by atoms with Gasteiger partial charge in [0.1, 0.15) is 11.5 Å². The van der Waals surface area contributed by atoms with Gasteiger partial charge in [0, 0.05) is 6.42 Å². The molecule has 0 saturated carbocycles. The van der Waals surface area contributed by atoms with E-state index in [2.05, 4.69) is 0 Å². The maximum absolute atomic E-state index is 5.87. The van der Waals surface area contributed by atoms with E-state index in [1.165, 1.54) is 0 Å². The third kappa shape index (κ3) is 4.21. The molecule has 0 bridgehead atoms. The standard InChI is InChI=1S/C16H19NO2/c1-13-8-9-16(15(17)12-13)19-11-5-10-18-14-6-3-2-4-7-14/h2-4,6-9,12H,5,10-11,17H2,1H3. The largest absolute Gasteiger partial charge is 0.493 e. The van der Waals surface area contributed by atoms with Crippen LogP contribution >= 0.6 is 0 Å². The van der Waals surface area contributed by atoms with E-state index in [1.807, 2.05) is 55.5 Å². The van der Waals surface area contributed by atoms with Crippen LogP contribution < -0.4 is 15.2 Å². The third-order valence-corrected chi connectivity index (χ3v) is 2.72. The molecule has 0 unspecified atom stereocenters. The van der Waals surface area contributed by atoms with Gasteiger partial charge in [0.05, 0.1) is 18.9 Å². The number of hydrogen-bond acceptors (Lipinski definition) is 3. The molecule has 0 fully saturated rings. The molecule has 0 aliphatic rings. The quantitative estimate of drug-likeness (QED) is 0.637. The minimum Gasteiger partial charge on any atom is -0.493 e. The summed E-state index contributed by atoms with van der Waals surface area (Å²) in [7, 11) is 0. The molecule has 2 aromatic rings. The van der Waals surface area contributed by atoms with Crippen molar-refractivity contribution in [3.05, 3.63) is 54.1 Å². The molecule has 0 radical (unpaired) electrons. The predicted molar refractivity (Wildman–Crippen MR) is 77.6 cm³/mol. The molecule has 0 spiro atoms. The summed E-state index contributed by atoms with van der Waals surface area (Å²) < 4.78 is 11.2. The minimum absolute atomic E-state index is 0.597. The molecular formula is C16H19NO2. The summed E-state index contributed by atoms with van der Waals surface area (Å²) in [5.74, 6) is 1.63. The summed E-state index contributed by atoms with van der Waals surface area (Å²) in [6.07, 6.45) is 0.822. The van der Waals surface area contributed by atoms with E-state index < -0.39 is 0 Å². The Morgan fingerprint density at radius 3 is 2.42 bits per heavy atom. The van der Waals surface area contributed by atoms with E-state index in [-0.39, 0.29) is 0 Å². The van der Waals surface area contributed by atoms with Gasteiger partial charge in [0.15, 0.2) is 0 Å². The van der Waals surface area contributed by atoms with Crippen molar-refractivity contribution in [3.8, 4) is 11.5 Å². The van der Waals surface area contributed by atoms with Gasteiger partial charge in [0.2, 0.25) is 0 Å². The summed E-state index contributed by atoms with van der Waals surface area (Å²) in [5, 5.41) is 0. The fourth-order valence-corrected chi connectivity index (χ4v) is 1.75. The molecular weight excluding hydrogens is 238 g/mol. The van der Waals surface area contributed by atoms with E-state index in [0.717, 1.165) is 23.5 Å². The summed E-state index contributed by atoms with van der Waals surface area (Å²) in [6, 6.07) is 15.6. The van der Waals surface area contributed by atoms with Crippen LogP contribution in [0.25, 0.3) is 0 Å². The molecule has 0 saturated heterocycles. The molecule has 3 heteroatoms. The Balaban J connectivity index is 1.69. The molecule has 2 N–H and O–H groups in total. The molecule has 0 aliphatic carbocycles. The first-order chi connectivity index (χ1) is 9.25. The van der Waals surface area contributed by atoms with Gasteiger partial charge >= 0.3 is 0 Å². The molecule has 0 aliphatic heterocycles. The van der Waals surface area contributed by atoms with Crippen molar-refractivity contribution in [1.82, 2.24) is 0 Å². The highest BCUT2D eigenvalue weighted by atomic mass is 16.5. The van der Waals surface area contributed by atoms with E-state index in [9.17, 15) is 0 Å². The Hall–Kier alpha value is -2.16. The van der Waals surface area contributed by atoms with Gasteiger partial charge in [-0.2, -0.15) is 0 Å². The second-order valence-corrected chi connectivity index (χ2v) is 4.40. The Morgan fingerprint density at radius 1 is 0.947 bits per heavy atom. The van der Waals surface area contributed by atoms with Gasteiger partial charge < -0.3 is 15.2 Å². The topological polar surface area (TPSA) is 44.5 Å². The minimum atomic E-state index is 0.597. The van der Waals surface area contributed by atoms with Crippen molar-refractivity contribution in [2.75, 3.05) is 18.9 Å². The molecule has 3 nitrogen and oxygen atoms in total. The number of aryl methyl sites for hydroxylation is 1. The Bertz CT molecular complexity index is 511. The van der Waals surface area contributed by atoms with Crippen LogP contribution in [-0.4, -0.2) is 13.2 Å². The number of anilines is 1. The number of para-hydroxylation sites is 1. The van der Waals surface area contributed by atoms with Crippen LogP contribution in [0.2, 0.25) is 0 Å². The molecule has 19 heavy (non-hydrogen) atoms. The molecule has 2 aromatic carbocycles. The summed E-state index contributed by atoms with van der Waals surface area (Å²) in [4.78, 5) is 0. The zero-order chi connectivity index (χ0) is 13.5. The first-order valence-corrected chi connectivity index (χ1v) is 6.42. The van der Waals surface area contributed by atoms with E-state index in [1.54, 1.807) is 0 Å². The highest BCUT2D eigenvalue weighted by Gasteiger charge is 2.00. The molecule has 0 amide bonds. The van der Waals surface area contributed by atoms with Gasteiger partial charge in [0.25, 0.3) is 0 Å². The monoisotopic (exact) mass is 257 g/mol. The lowest BCUT2D eigenvalue weighted by molar-refractivity contribution is 0.248. The fraction of sp³-hybridized carbons (Fsp3) is 0.250. The second-order valence-electron chi connectivity index (χ2n) is 4.40. The van der Waals surface area contributed by atoms with Crippen molar-refractivity contribution in [1.29, 1.82) is 0 Å². The first-order valence-electron chi connectivity index (χ1n) is 6.42. The molecule has 2 rings (SSSR count). The second kappa shape index (κ2) is 6.69. The van der Waals surface area contributed by atoms with Crippen LogP contribution in [0.15, 0.2) is 48.5 Å². The Kier molecular flexibility index (Phi) is 4.67. The van der Waals surface area contributed by atoms with Gasteiger partial charge in [-0.3, -0.25) is 0 Å². The zero-order valence-corrected chi connectivity index (χ0v) is 11.1. The van der Waals surface area contributed by atoms with Gasteiger partial charge in [-0.05, 0) is 36.8 Å². The lowest BCUT2D eigenvalue weighted by atomic mass is 10.2. The van der Waals surface area contributed by atoms with Gasteiger partial charge in [-0.25, -0.2) is 0 Å². The van der Waals surface area contributed by atoms with Crippen molar-refractivity contribution >= 4 is 5.69 Å². The van der Waals surface area contributed by atoms with Crippen molar-refractivity contribution in [2.24, 2.45) is 0 Å². The van der Waals surface area contributed by atoms with E-state index in [0.29, 0.717) is 18.9 Å². The van der Waals surface area contributed by atoms with E-state index in [4.69, 9.17) is 15.2 Å². The first kappa shape index (κ1) is 13.3.